The van der Waals surface area contributed by atoms with Gasteiger partial charge in [-0.3, -0.25) is 19.2 Å². The minimum atomic E-state index is -0.561. The van der Waals surface area contributed by atoms with E-state index in [9.17, 15) is 33.9 Å². The van der Waals surface area contributed by atoms with E-state index < -0.39 is 17.8 Å². The maximum absolute atomic E-state index is 12.5. The number of allylic oxidation sites excluding steroid dienone is 6. The highest BCUT2D eigenvalue weighted by atomic mass is 16.5. The van der Waals surface area contributed by atoms with E-state index in [2.05, 4.69) is 52.5 Å². The lowest BCUT2D eigenvalue weighted by atomic mass is 10.00. The van der Waals surface area contributed by atoms with Crippen LogP contribution in [0.3, 0.4) is 0 Å². The number of hydrogen-bond acceptors (Lipinski definition) is 18. The Morgan fingerprint density at radius 1 is 0.608 bits per heavy atom. The zero-order chi connectivity index (χ0) is 70.7. The van der Waals surface area contributed by atoms with Crippen molar-refractivity contribution in [2.45, 2.75) is 132 Å². The Morgan fingerprint density at radius 3 is 1.62 bits per heavy atom. The molecule has 4 heterocycles. The third-order valence-electron chi connectivity index (χ3n) is 16.5. The molecule has 522 valence electrons. The van der Waals surface area contributed by atoms with Gasteiger partial charge in [0.25, 0.3) is 0 Å². The topological polar surface area (TPSA) is 249 Å². The summed E-state index contributed by atoms with van der Waals surface area (Å²) in [5.74, 6) is 2.89. The molecule has 3 N–H and O–H groups in total. The summed E-state index contributed by atoms with van der Waals surface area (Å²) >= 11 is 0. The number of rotatable bonds is 23. The first kappa shape index (κ1) is 76.5. The molecule has 0 unspecified atom stereocenters. The summed E-state index contributed by atoms with van der Waals surface area (Å²) < 4.78 is 55.4. The fourth-order valence-electron chi connectivity index (χ4n) is 11.2. The number of primary amides is 1. The first-order valence-electron chi connectivity index (χ1n) is 32.9. The van der Waals surface area contributed by atoms with Crippen LogP contribution in [0.4, 0.5) is 0 Å². The lowest BCUT2D eigenvalue weighted by Gasteiger charge is -2.33. The van der Waals surface area contributed by atoms with Crippen molar-refractivity contribution < 1.29 is 81.2 Å². The number of benzene rings is 5. The number of nitrogens with zero attached hydrogens (tertiary/aromatic N) is 2. The number of phenols is 1. The van der Waals surface area contributed by atoms with E-state index >= 15 is 0 Å². The highest BCUT2D eigenvalue weighted by molar-refractivity contribution is 6.00. The van der Waals surface area contributed by atoms with Crippen molar-refractivity contribution in [2.75, 3.05) is 88.7 Å². The fraction of sp³-hybridized carbons (Fsp3) is 0.429. The van der Waals surface area contributed by atoms with Crippen LogP contribution in [-0.2, 0) is 44.7 Å². The van der Waals surface area contributed by atoms with Gasteiger partial charge in [0, 0.05) is 86.5 Å². The van der Waals surface area contributed by atoms with Crippen molar-refractivity contribution in [2.24, 2.45) is 5.73 Å². The van der Waals surface area contributed by atoms with Gasteiger partial charge in [0.2, 0.25) is 5.91 Å². The number of Topliss-reactive ketones (excluding diaryl/α,β-unsaturated/α-hetero) is 2. The van der Waals surface area contributed by atoms with Crippen molar-refractivity contribution in [1.29, 1.82) is 0 Å². The molecule has 0 aliphatic carbocycles. The van der Waals surface area contributed by atoms with E-state index in [1.165, 1.54) is 44.1 Å². The van der Waals surface area contributed by atoms with Crippen LogP contribution in [0.25, 0.3) is 10.9 Å². The SMILES string of the molecule is CCOC(=O)CCCOc1cc(OC)c(CC=C(C)C)cc1C(=O)OC.COC(=O)c1cc(CC=C(C)C)c(OC)cc1O.COc1cc2c(cc1CC=C(C)C)C(=O)CCCO2.COc1cc2c(cc1CCN1CCC(n3ccc4ccc(C(N)=O)cc43)CC1)C(=O)CCCO2. The van der Waals surface area contributed by atoms with Gasteiger partial charge in [-0.25, -0.2) is 9.59 Å². The minimum absolute atomic E-state index is 0.139. The molecule has 1 amide bonds. The Morgan fingerprint density at radius 2 is 1.10 bits per heavy atom. The number of ketones is 2. The molecule has 0 radical (unpaired) electrons. The summed E-state index contributed by atoms with van der Waals surface area (Å²) in [5, 5.41) is 10.9. The Labute approximate surface area is 570 Å². The Balaban J connectivity index is 0.000000212. The minimum Gasteiger partial charge on any atom is -0.507 e. The first-order chi connectivity index (χ1) is 46.6. The van der Waals surface area contributed by atoms with Crippen molar-refractivity contribution in [3.63, 3.8) is 0 Å². The maximum atomic E-state index is 12.5. The molecular weight excluding hydrogens is 1240 g/mol. The molecule has 1 aromatic heterocycles. The molecule has 0 saturated carbocycles. The monoisotopic (exact) mass is 1340 g/mol. The number of methoxy groups -OCH3 is 6. The van der Waals surface area contributed by atoms with Crippen molar-refractivity contribution in [3.8, 4) is 46.0 Å². The molecule has 0 atom stereocenters. The molecule has 3 aliphatic rings. The number of esters is 3. The molecule has 20 heteroatoms. The zero-order valence-corrected chi connectivity index (χ0v) is 58.7. The molecule has 5 aromatic carbocycles. The van der Waals surface area contributed by atoms with Gasteiger partial charge in [0.05, 0.1) is 80.2 Å². The van der Waals surface area contributed by atoms with Crippen LogP contribution in [0, 0.1) is 0 Å². The van der Waals surface area contributed by atoms with Crippen LogP contribution in [0.15, 0.2) is 114 Å². The fourth-order valence-corrected chi connectivity index (χ4v) is 11.2. The predicted octanol–water partition coefficient (Wildman–Crippen LogP) is 14.0. The van der Waals surface area contributed by atoms with Crippen LogP contribution < -0.4 is 38.9 Å². The number of carbonyl (C=O) groups is 6. The van der Waals surface area contributed by atoms with E-state index in [0.29, 0.717) is 109 Å². The summed E-state index contributed by atoms with van der Waals surface area (Å²) in [4.78, 5) is 73.6. The quantitative estimate of drug-likeness (QED) is 0.0262. The molecule has 0 bridgehead atoms. The normalized spacial score (nSPS) is 13.3. The number of hydrogen-bond donors (Lipinski definition) is 2. The number of fused-ring (bicyclic) bond motifs is 3. The number of piperidine rings is 1. The number of amides is 1. The summed E-state index contributed by atoms with van der Waals surface area (Å²) in [5.41, 5.74) is 16.3. The number of aromatic hydroxyl groups is 1. The predicted molar refractivity (Wildman–Crippen MR) is 374 cm³/mol. The molecule has 97 heavy (non-hydrogen) atoms. The number of carbonyl (C=O) groups excluding carboxylic acids is 6. The summed E-state index contributed by atoms with van der Waals surface area (Å²) in [6.45, 7) is 18.6. The van der Waals surface area contributed by atoms with Crippen molar-refractivity contribution in [3.05, 3.63) is 164 Å². The van der Waals surface area contributed by atoms with Gasteiger partial charge >= 0.3 is 17.9 Å². The van der Waals surface area contributed by atoms with E-state index in [0.717, 1.165) is 103 Å². The third-order valence-corrected chi connectivity index (χ3v) is 16.5. The summed E-state index contributed by atoms with van der Waals surface area (Å²) in [6, 6.07) is 22.2. The van der Waals surface area contributed by atoms with Gasteiger partial charge in [-0.1, -0.05) is 41.0 Å². The van der Waals surface area contributed by atoms with E-state index in [4.69, 9.17) is 48.4 Å². The zero-order valence-electron chi connectivity index (χ0n) is 58.7. The largest absolute Gasteiger partial charge is 0.507 e. The van der Waals surface area contributed by atoms with Gasteiger partial charge < -0.3 is 67.7 Å². The van der Waals surface area contributed by atoms with E-state index in [-0.39, 0.29) is 41.9 Å². The average Bonchev–Trinajstić information content (AvgIpc) is 1.72. The highest BCUT2D eigenvalue weighted by Crippen LogP contribution is 2.37. The summed E-state index contributed by atoms with van der Waals surface area (Å²) in [7, 11) is 9.02. The Kier molecular flexibility index (Phi) is 30.1. The van der Waals surface area contributed by atoms with Crippen LogP contribution >= 0.6 is 0 Å². The number of aromatic nitrogens is 1. The second kappa shape index (κ2) is 38.3. The maximum Gasteiger partial charge on any atom is 0.341 e. The molecule has 6 aromatic rings. The number of phenolic OH excluding ortho intramolecular Hbond substituents is 1. The van der Waals surface area contributed by atoms with Crippen LogP contribution in [0.5, 0.6) is 46.0 Å². The molecule has 1 saturated heterocycles. The molecule has 20 nitrogen and oxygen atoms in total. The van der Waals surface area contributed by atoms with E-state index in [1.54, 1.807) is 52.5 Å². The lowest BCUT2D eigenvalue weighted by Crippen LogP contribution is -2.35. The summed E-state index contributed by atoms with van der Waals surface area (Å²) in [6.07, 6.45) is 16.6. The second-order valence-corrected chi connectivity index (χ2v) is 24.3. The van der Waals surface area contributed by atoms with Crippen molar-refractivity contribution in [1.82, 2.24) is 9.47 Å². The van der Waals surface area contributed by atoms with Crippen LogP contribution in [0.1, 0.15) is 180 Å². The number of likely N-dealkylation sites (tertiary alicyclic amines) is 1. The first-order valence-corrected chi connectivity index (χ1v) is 32.9. The van der Waals surface area contributed by atoms with Gasteiger partial charge in [-0.05, 0) is 176 Å². The highest BCUT2D eigenvalue weighted by Gasteiger charge is 2.26. The van der Waals surface area contributed by atoms with Gasteiger partial charge in [-0.15, -0.1) is 0 Å². The molecule has 1 fully saturated rings. The Hall–Kier alpha value is -9.56. The molecular formula is C77H97N3O17. The van der Waals surface area contributed by atoms with Crippen LogP contribution in [0.2, 0.25) is 0 Å². The number of nitrogens with two attached hydrogens (primary N) is 1. The molecule has 9 rings (SSSR count). The van der Waals surface area contributed by atoms with Crippen molar-refractivity contribution >= 4 is 46.3 Å². The molecule has 0 spiro atoms. The second-order valence-electron chi connectivity index (χ2n) is 24.3. The molecule has 3 aliphatic heterocycles. The van der Waals surface area contributed by atoms with Gasteiger partial charge in [0.15, 0.2) is 11.6 Å². The van der Waals surface area contributed by atoms with Gasteiger partial charge in [0.1, 0.15) is 57.1 Å². The van der Waals surface area contributed by atoms with E-state index in [1.807, 2.05) is 70.2 Å². The third kappa shape index (κ3) is 22.2. The van der Waals surface area contributed by atoms with Gasteiger partial charge in [-0.2, -0.15) is 0 Å². The van der Waals surface area contributed by atoms with Crippen LogP contribution in [-0.4, -0.2) is 139 Å². The lowest BCUT2D eigenvalue weighted by molar-refractivity contribution is -0.143. The number of ether oxygens (including phenoxy) is 10. The smallest absolute Gasteiger partial charge is 0.341 e. The average molecular weight is 1340 g/mol. The standard InChI is InChI=1S/C27H31N3O4.C20H28O6.C16H20O3.C14H18O4/c1-33-25-17-26-22(24(31)3-2-14-34-26)15-19(25)6-10-29-11-8-21(9-12-29)30-13-7-18-4-5-20(27(28)32)16-23(18)30;1-6-25-19(21)8-7-11-26-18-13-17(23-4)15(10-9-14(2)3)12-16(18)20(22)24-5;1-11(2)6-7-12-9-13-14(17)5-4-8-19-16(13)10-15(12)18-3;1-9(2)5-6-10-7-11(14(16)18-4)12(15)8-13(10)17-3/h4-5,7,13,15-17,21H,2-3,6,8-12,14H2,1H3,(H2,28,32);9,12-13H,6-8,10-11H2,1-5H3;6,9-10H,4-5,7-8H2,1-3H3;5,7-8,15H,6H2,1-4H3. The Bertz CT molecular complexity index is 3800.